The zero-order valence-corrected chi connectivity index (χ0v) is 11.0. The zero-order chi connectivity index (χ0) is 12.5. The summed E-state index contributed by atoms with van der Waals surface area (Å²) >= 11 is 1.57. The number of hydrogen-bond acceptors (Lipinski definition) is 3. The molecule has 5 heteroatoms. The first-order chi connectivity index (χ1) is 8.02. The van der Waals surface area contributed by atoms with Crippen LogP contribution in [0.3, 0.4) is 0 Å². The summed E-state index contributed by atoms with van der Waals surface area (Å²) in [6.45, 7) is 2.05. The van der Waals surface area contributed by atoms with Gasteiger partial charge in [0.25, 0.3) is 0 Å². The smallest absolute Gasteiger partial charge is 0.248 e. The average Bonchev–Trinajstić information content (AvgIpc) is 2.76. The molecule has 0 spiro atoms. The van der Waals surface area contributed by atoms with Crippen molar-refractivity contribution in [2.45, 2.75) is 50.5 Å². The molecule has 0 aromatic carbocycles. The molecule has 2 nitrogen and oxygen atoms in total. The van der Waals surface area contributed by atoms with E-state index in [0.717, 1.165) is 16.3 Å². The van der Waals surface area contributed by atoms with Crippen molar-refractivity contribution in [2.24, 2.45) is 0 Å². The number of halogens is 2. The molecule has 2 atom stereocenters. The van der Waals surface area contributed by atoms with Crippen LogP contribution in [0.2, 0.25) is 0 Å². The van der Waals surface area contributed by atoms with Gasteiger partial charge in [-0.3, -0.25) is 0 Å². The van der Waals surface area contributed by atoms with Crippen molar-refractivity contribution in [3.8, 4) is 0 Å². The first kappa shape index (κ1) is 12.9. The minimum absolute atomic E-state index is 0.0338. The first-order valence-corrected chi connectivity index (χ1v) is 6.84. The molecule has 1 aromatic heterocycles. The van der Waals surface area contributed by atoms with Gasteiger partial charge >= 0.3 is 0 Å². The zero-order valence-electron chi connectivity index (χ0n) is 10.2. The van der Waals surface area contributed by atoms with Crippen LogP contribution in [0, 0.1) is 0 Å². The van der Waals surface area contributed by atoms with Gasteiger partial charge in [0, 0.05) is 35.9 Å². The average molecular weight is 260 g/mol. The van der Waals surface area contributed by atoms with Crippen molar-refractivity contribution < 1.29 is 8.78 Å². The number of nitrogens with zero attached hydrogens (tertiary/aromatic N) is 1. The van der Waals surface area contributed by atoms with Crippen LogP contribution >= 0.6 is 11.3 Å². The number of thiazole rings is 1. The van der Waals surface area contributed by atoms with Gasteiger partial charge in [0.05, 0.1) is 5.01 Å². The molecule has 96 valence electrons. The maximum Gasteiger partial charge on any atom is 0.248 e. The lowest BCUT2D eigenvalue weighted by Gasteiger charge is -2.27. The number of alkyl halides is 2. The lowest BCUT2D eigenvalue weighted by Crippen LogP contribution is -2.24. The van der Waals surface area contributed by atoms with E-state index in [1.54, 1.807) is 11.3 Å². The molecule has 0 bridgehead atoms. The lowest BCUT2D eigenvalue weighted by atomic mass is 9.87. The standard InChI is InChI=1S/C12H18F2N2S/c1-8(15-2)10-7-16-11(17-10)9-4-3-5-12(13,14)6-9/h7-9,15H,3-6H2,1-2H3. The van der Waals surface area contributed by atoms with Crippen LogP contribution in [-0.4, -0.2) is 18.0 Å². The van der Waals surface area contributed by atoms with E-state index in [4.69, 9.17) is 0 Å². The summed E-state index contributed by atoms with van der Waals surface area (Å²) < 4.78 is 26.7. The van der Waals surface area contributed by atoms with E-state index in [1.807, 2.05) is 20.2 Å². The van der Waals surface area contributed by atoms with Crippen LogP contribution in [-0.2, 0) is 0 Å². The highest BCUT2D eigenvalue weighted by Gasteiger charge is 2.37. The third-order valence-corrected chi connectivity index (χ3v) is 4.73. The highest BCUT2D eigenvalue weighted by atomic mass is 32.1. The van der Waals surface area contributed by atoms with Gasteiger partial charge in [-0.2, -0.15) is 0 Å². The maximum atomic E-state index is 13.3. The molecule has 1 N–H and O–H groups in total. The summed E-state index contributed by atoms with van der Waals surface area (Å²) in [6, 6.07) is 0.241. The fourth-order valence-electron chi connectivity index (χ4n) is 2.21. The number of aromatic nitrogens is 1. The molecule has 1 fully saturated rings. The van der Waals surface area contributed by atoms with Gasteiger partial charge in [-0.25, -0.2) is 13.8 Å². The predicted octanol–water partition coefficient (Wildman–Crippen LogP) is 3.72. The molecular formula is C12H18F2N2S. The molecule has 1 aromatic rings. The normalized spacial score (nSPS) is 25.8. The molecule has 2 unspecified atom stereocenters. The molecule has 0 radical (unpaired) electrons. The Balaban J connectivity index is 2.09. The minimum Gasteiger partial charge on any atom is -0.312 e. The van der Waals surface area contributed by atoms with Crippen molar-refractivity contribution >= 4 is 11.3 Å². The topological polar surface area (TPSA) is 24.9 Å². The van der Waals surface area contributed by atoms with E-state index in [9.17, 15) is 8.78 Å². The van der Waals surface area contributed by atoms with Crippen molar-refractivity contribution in [1.29, 1.82) is 0 Å². The monoisotopic (exact) mass is 260 g/mol. The summed E-state index contributed by atoms with van der Waals surface area (Å²) in [7, 11) is 1.89. The quantitative estimate of drug-likeness (QED) is 0.896. The highest BCUT2D eigenvalue weighted by Crippen LogP contribution is 2.43. The number of rotatable bonds is 3. The first-order valence-electron chi connectivity index (χ1n) is 6.02. The van der Waals surface area contributed by atoms with E-state index < -0.39 is 5.92 Å². The van der Waals surface area contributed by atoms with Gasteiger partial charge in [0.1, 0.15) is 0 Å². The Morgan fingerprint density at radius 3 is 3.00 bits per heavy atom. The Bertz CT molecular complexity index is 378. The van der Waals surface area contributed by atoms with Gasteiger partial charge in [0.15, 0.2) is 0 Å². The third kappa shape index (κ3) is 3.01. The van der Waals surface area contributed by atoms with Gasteiger partial charge in [-0.15, -0.1) is 11.3 Å². The number of hydrogen-bond donors (Lipinski definition) is 1. The van der Waals surface area contributed by atoms with Gasteiger partial charge in [0.2, 0.25) is 5.92 Å². The SMILES string of the molecule is CNC(C)c1cnc(C2CCCC(F)(F)C2)s1. The Kier molecular flexibility index (Phi) is 3.78. The Labute approximate surface area is 104 Å². The van der Waals surface area contributed by atoms with Crippen molar-refractivity contribution in [1.82, 2.24) is 10.3 Å². The van der Waals surface area contributed by atoms with Gasteiger partial charge < -0.3 is 5.32 Å². The van der Waals surface area contributed by atoms with Crippen LogP contribution < -0.4 is 5.32 Å². The van der Waals surface area contributed by atoms with Crippen molar-refractivity contribution in [3.63, 3.8) is 0 Å². The summed E-state index contributed by atoms with van der Waals surface area (Å²) in [6.07, 6.45) is 3.26. The lowest BCUT2D eigenvalue weighted by molar-refractivity contribution is -0.0408. The van der Waals surface area contributed by atoms with E-state index >= 15 is 0 Å². The van der Waals surface area contributed by atoms with Crippen molar-refractivity contribution in [2.75, 3.05) is 7.05 Å². The van der Waals surface area contributed by atoms with Crippen molar-refractivity contribution in [3.05, 3.63) is 16.1 Å². The second-order valence-electron chi connectivity index (χ2n) is 4.76. The molecule has 1 heterocycles. The molecule has 0 saturated heterocycles. The molecule has 1 aliphatic carbocycles. The van der Waals surface area contributed by atoms with Crippen LogP contribution in [0.1, 0.15) is 54.5 Å². The molecule has 0 aliphatic heterocycles. The summed E-state index contributed by atoms with van der Waals surface area (Å²) in [4.78, 5) is 5.44. The van der Waals surface area contributed by atoms with Gasteiger partial charge in [-0.1, -0.05) is 0 Å². The molecule has 0 amide bonds. The molecule has 2 rings (SSSR count). The largest absolute Gasteiger partial charge is 0.312 e. The Morgan fingerprint density at radius 1 is 1.59 bits per heavy atom. The van der Waals surface area contributed by atoms with Crippen LogP contribution in [0.5, 0.6) is 0 Å². The third-order valence-electron chi connectivity index (χ3n) is 3.39. The summed E-state index contributed by atoms with van der Waals surface area (Å²) in [5.41, 5.74) is 0. The van der Waals surface area contributed by atoms with E-state index in [0.29, 0.717) is 6.42 Å². The minimum atomic E-state index is -2.50. The number of nitrogens with one attached hydrogen (secondary N) is 1. The Morgan fingerprint density at radius 2 is 2.35 bits per heavy atom. The van der Waals surface area contributed by atoms with E-state index in [2.05, 4.69) is 10.3 Å². The second kappa shape index (κ2) is 4.98. The highest BCUT2D eigenvalue weighted by molar-refractivity contribution is 7.11. The molecule has 1 aliphatic rings. The summed E-state index contributed by atoms with van der Waals surface area (Å²) in [5.74, 6) is -2.55. The summed E-state index contributed by atoms with van der Waals surface area (Å²) in [5, 5.41) is 4.01. The molecular weight excluding hydrogens is 242 g/mol. The Hall–Kier alpha value is -0.550. The fourth-order valence-corrected chi connectivity index (χ4v) is 3.33. The van der Waals surface area contributed by atoms with Gasteiger partial charge in [-0.05, 0) is 26.8 Å². The molecule has 17 heavy (non-hydrogen) atoms. The second-order valence-corrected chi connectivity index (χ2v) is 5.85. The fraction of sp³-hybridized carbons (Fsp3) is 0.750. The van der Waals surface area contributed by atoms with Crippen LogP contribution in [0.4, 0.5) is 8.78 Å². The van der Waals surface area contributed by atoms with Crippen LogP contribution in [0.25, 0.3) is 0 Å². The van der Waals surface area contributed by atoms with E-state index in [1.165, 1.54) is 0 Å². The maximum absolute atomic E-state index is 13.3. The predicted molar refractivity (Wildman–Crippen MR) is 65.7 cm³/mol. The van der Waals surface area contributed by atoms with E-state index in [-0.39, 0.29) is 24.8 Å². The molecule has 1 saturated carbocycles. The van der Waals surface area contributed by atoms with Crippen LogP contribution in [0.15, 0.2) is 6.20 Å².